The summed E-state index contributed by atoms with van der Waals surface area (Å²) in [6.45, 7) is 0. The summed E-state index contributed by atoms with van der Waals surface area (Å²) < 4.78 is 9.46. The molecule has 51 heavy (non-hydrogen) atoms. The van der Waals surface area contributed by atoms with Gasteiger partial charge in [-0.3, -0.25) is 0 Å². The quantitative estimate of drug-likeness (QED) is 0.171. The number of aromatic nitrogens is 1. The lowest BCUT2D eigenvalue weighted by Gasteiger charge is -2.38. The summed E-state index contributed by atoms with van der Waals surface area (Å²) in [7, 11) is -2.98. The molecule has 1 aromatic heterocycles. The molecule has 0 unspecified atom stereocenters. The van der Waals surface area contributed by atoms with Crippen LogP contribution in [0.4, 0.5) is 0 Å². The first-order valence-electron chi connectivity index (χ1n) is 17.5. The van der Waals surface area contributed by atoms with E-state index in [-0.39, 0.29) is 0 Å². The second kappa shape index (κ2) is 11.9. The lowest BCUT2D eigenvalue weighted by Crippen LogP contribution is -2.75. The number of rotatable bonds is 3. The molecular formula is C48H33NOSi. The summed E-state index contributed by atoms with van der Waals surface area (Å²) in [6.07, 6.45) is 0. The fourth-order valence-electron chi connectivity index (χ4n) is 8.45. The number of fused-ring (bicyclic) bond motifs is 9. The number of nitrogens with zero attached hydrogens (tertiary/aromatic N) is 1. The Kier molecular flexibility index (Phi) is 6.86. The molecule has 240 valence electrons. The second-order valence-corrected chi connectivity index (χ2v) is 17.0. The number of hydrogen-bond donors (Lipinski definition) is 0. The highest BCUT2D eigenvalue weighted by Crippen LogP contribution is 2.42. The standard InChI is InChI=1S/C48H33NOSi/c1-3-17-35(18-4-1)51(36-19-5-2-6-20-36)47-29-15-10-24-40(47)39-23-9-14-28-45(39)50-46-32-31-34(33-42(46)41-25-11-16-30-48(41)51)49-43-26-12-7-21-37(43)38-22-8-13-27-44(38)49/h1-33H. The lowest BCUT2D eigenvalue weighted by atomic mass is 10.0. The summed E-state index contributed by atoms with van der Waals surface area (Å²) in [4.78, 5) is 0. The molecule has 0 amide bonds. The molecule has 0 bridgehead atoms. The highest BCUT2D eigenvalue weighted by atomic mass is 28.3. The van der Waals surface area contributed by atoms with Crippen LogP contribution in [-0.2, 0) is 0 Å². The first kappa shape index (κ1) is 29.5. The summed E-state index contributed by atoms with van der Waals surface area (Å²) >= 11 is 0. The van der Waals surface area contributed by atoms with Gasteiger partial charge in [0.1, 0.15) is 11.5 Å². The Morgan fingerprint density at radius 1 is 0.353 bits per heavy atom. The Labute approximate surface area is 298 Å². The molecule has 10 rings (SSSR count). The van der Waals surface area contributed by atoms with Crippen LogP contribution in [0.3, 0.4) is 0 Å². The number of para-hydroxylation sites is 3. The zero-order chi connectivity index (χ0) is 33.8. The summed E-state index contributed by atoms with van der Waals surface area (Å²) in [6, 6.07) is 73.2. The molecule has 9 aromatic rings. The van der Waals surface area contributed by atoms with E-state index >= 15 is 0 Å². The van der Waals surface area contributed by atoms with Crippen LogP contribution in [-0.4, -0.2) is 12.6 Å². The van der Waals surface area contributed by atoms with E-state index in [1.165, 1.54) is 53.7 Å². The van der Waals surface area contributed by atoms with Gasteiger partial charge in [-0.2, -0.15) is 0 Å². The smallest absolute Gasteiger partial charge is 0.180 e. The molecule has 0 saturated heterocycles. The van der Waals surface area contributed by atoms with E-state index in [0.29, 0.717) is 0 Å². The van der Waals surface area contributed by atoms with Crippen LogP contribution in [0.15, 0.2) is 200 Å². The van der Waals surface area contributed by atoms with E-state index in [1.54, 1.807) is 0 Å². The summed E-state index contributed by atoms with van der Waals surface area (Å²) in [5.41, 5.74) is 8.02. The normalized spacial score (nSPS) is 13.0. The predicted molar refractivity (Wildman–Crippen MR) is 215 cm³/mol. The number of ether oxygens (including phenoxy) is 1. The van der Waals surface area contributed by atoms with Gasteiger partial charge in [-0.15, -0.1) is 0 Å². The highest BCUT2D eigenvalue weighted by molar-refractivity contribution is 7.21. The molecule has 0 saturated carbocycles. The molecule has 0 fully saturated rings. The minimum atomic E-state index is -2.98. The Morgan fingerprint density at radius 3 is 1.41 bits per heavy atom. The maximum atomic E-state index is 7.06. The van der Waals surface area contributed by atoms with Crippen LogP contribution in [0.2, 0.25) is 0 Å². The zero-order valence-electron chi connectivity index (χ0n) is 27.9. The highest BCUT2D eigenvalue weighted by Gasteiger charge is 2.45. The monoisotopic (exact) mass is 667 g/mol. The van der Waals surface area contributed by atoms with Crippen molar-refractivity contribution < 1.29 is 4.74 Å². The first-order chi connectivity index (χ1) is 25.3. The van der Waals surface area contributed by atoms with Crippen molar-refractivity contribution in [3.63, 3.8) is 0 Å². The molecule has 1 aliphatic heterocycles. The van der Waals surface area contributed by atoms with Crippen molar-refractivity contribution in [3.8, 4) is 39.4 Å². The summed E-state index contributed by atoms with van der Waals surface area (Å²) in [5.74, 6) is 1.68. The van der Waals surface area contributed by atoms with Crippen LogP contribution in [0.25, 0.3) is 49.7 Å². The second-order valence-electron chi connectivity index (χ2n) is 13.2. The van der Waals surface area contributed by atoms with Crippen molar-refractivity contribution >= 4 is 50.6 Å². The van der Waals surface area contributed by atoms with Crippen LogP contribution in [0.5, 0.6) is 11.5 Å². The Hall–Kier alpha value is -6.42. The van der Waals surface area contributed by atoms with Gasteiger partial charge >= 0.3 is 0 Å². The number of benzene rings is 8. The largest absolute Gasteiger partial charge is 0.456 e. The van der Waals surface area contributed by atoms with E-state index in [4.69, 9.17) is 4.74 Å². The van der Waals surface area contributed by atoms with Gasteiger partial charge < -0.3 is 9.30 Å². The van der Waals surface area contributed by atoms with Crippen molar-refractivity contribution in [2.24, 2.45) is 0 Å². The van der Waals surface area contributed by atoms with Crippen molar-refractivity contribution in [2.75, 3.05) is 0 Å². The van der Waals surface area contributed by atoms with Crippen molar-refractivity contribution in [3.05, 3.63) is 200 Å². The third-order valence-corrected chi connectivity index (χ3v) is 15.5. The minimum absolute atomic E-state index is 0.836. The average molecular weight is 668 g/mol. The van der Waals surface area contributed by atoms with Crippen molar-refractivity contribution in [1.82, 2.24) is 4.57 Å². The summed E-state index contributed by atoms with van der Waals surface area (Å²) in [5, 5.41) is 7.85. The molecule has 8 aromatic carbocycles. The molecule has 0 N–H and O–H groups in total. The predicted octanol–water partition coefficient (Wildman–Crippen LogP) is 9.60. The van der Waals surface area contributed by atoms with Gasteiger partial charge in [0, 0.05) is 27.6 Å². The number of hydrogen-bond acceptors (Lipinski definition) is 1. The van der Waals surface area contributed by atoms with Gasteiger partial charge in [0.2, 0.25) is 0 Å². The third kappa shape index (κ3) is 4.49. The van der Waals surface area contributed by atoms with Gasteiger partial charge in [0.05, 0.1) is 11.0 Å². The van der Waals surface area contributed by atoms with Gasteiger partial charge in [-0.1, -0.05) is 164 Å². The van der Waals surface area contributed by atoms with Crippen LogP contribution in [0.1, 0.15) is 0 Å². The molecular weight excluding hydrogens is 635 g/mol. The molecule has 0 atom stereocenters. The van der Waals surface area contributed by atoms with E-state index < -0.39 is 8.07 Å². The molecule has 0 radical (unpaired) electrons. The van der Waals surface area contributed by atoms with E-state index in [1.807, 2.05) is 0 Å². The molecule has 0 spiro atoms. The van der Waals surface area contributed by atoms with Crippen LogP contribution in [0, 0.1) is 0 Å². The fraction of sp³-hybridized carbons (Fsp3) is 0. The molecule has 2 heterocycles. The first-order valence-corrected chi connectivity index (χ1v) is 19.5. The lowest BCUT2D eigenvalue weighted by molar-refractivity contribution is 0.486. The average Bonchev–Trinajstić information content (AvgIpc) is 3.54. The van der Waals surface area contributed by atoms with Gasteiger partial charge in [0.15, 0.2) is 8.07 Å². The third-order valence-electron chi connectivity index (χ3n) is 10.6. The van der Waals surface area contributed by atoms with Crippen molar-refractivity contribution in [2.45, 2.75) is 0 Å². The van der Waals surface area contributed by atoms with Gasteiger partial charge in [-0.25, -0.2) is 0 Å². The SMILES string of the molecule is c1ccc([Si]2(c3ccccc3)c3ccccc3-c3ccccc3Oc3ccc(-n4c5ccccc5c5ccccc54)cc3-c3ccccc32)cc1. The zero-order valence-corrected chi connectivity index (χ0v) is 28.9. The topological polar surface area (TPSA) is 14.2 Å². The van der Waals surface area contributed by atoms with Gasteiger partial charge in [-0.05, 0) is 68.3 Å². The van der Waals surface area contributed by atoms with E-state index in [0.717, 1.165) is 28.3 Å². The maximum Gasteiger partial charge on any atom is 0.180 e. The minimum Gasteiger partial charge on any atom is -0.456 e. The molecule has 1 aliphatic rings. The molecule has 3 heteroatoms. The fourth-order valence-corrected chi connectivity index (χ4v) is 13.6. The molecule has 0 aliphatic carbocycles. The van der Waals surface area contributed by atoms with E-state index in [2.05, 4.69) is 205 Å². The van der Waals surface area contributed by atoms with E-state index in [9.17, 15) is 0 Å². The van der Waals surface area contributed by atoms with Gasteiger partial charge in [0.25, 0.3) is 0 Å². The van der Waals surface area contributed by atoms with Crippen molar-refractivity contribution in [1.29, 1.82) is 0 Å². The Balaban J connectivity index is 1.37. The Morgan fingerprint density at radius 2 is 0.804 bits per heavy atom. The Bertz CT molecular complexity index is 2640. The molecule has 2 nitrogen and oxygen atoms in total. The maximum absolute atomic E-state index is 7.06. The van der Waals surface area contributed by atoms with Crippen LogP contribution < -0.4 is 25.5 Å². The van der Waals surface area contributed by atoms with Crippen LogP contribution >= 0.6 is 0 Å².